The maximum Gasteiger partial charge on any atom is 0.276 e. The van der Waals surface area contributed by atoms with Gasteiger partial charge in [-0.15, -0.1) is 0 Å². The Bertz CT molecular complexity index is 1130. The van der Waals surface area contributed by atoms with Crippen LogP contribution in [-0.2, 0) is 0 Å². The molecule has 0 unspecified atom stereocenters. The molecule has 0 radical (unpaired) electrons. The highest BCUT2D eigenvalue weighted by molar-refractivity contribution is 7.98. The fraction of sp³-hybridized carbons (Fsp3) is 0.105. The van der Waals surface area contributed by atoms with E-state index in [4.69, 9.17) is 0 Å². The lowest BCUT2D eigenvalue weighted by Crippen LogP contribution is -2.16. The molecule has 0 atom stereocenters. The number of halogens is 1. The smallest absolute Gasteiger partial charge is 0.276 e. The van der Waals surface area contributed by atoms with Gasteiger partial charge in [0.05, 0.1) is 16.4 Å². The number of benzene rings is 2. The van der Waals surface area contributed by atoms with Crippen LogP contribution in [0.15, 0.2) is 53.8 Å². The van der Waals surface area contributed by atoms with Crippen LogP contribution in [0, 0.1) is 12.7 Å². The summed E-state index contributed by atoms with van der Waals surface area (Å²) in [5.41, 5.74) is 3.02. The Morgan fingerprint density at radius 2 is 2.00 bits per heavy atom. The molecule has 5 nitrogen and oxygen atoms in total. The van der Waals surface area contributed by atoms with Gasteiger partial charge >= 0.3 is 0 Å². The lowest BCUT2D eigenvalue weighted by Gasteiger charge is -2.10. The predicted octanol–water partition coefficient (Wildman–Crippen LogP) is 4.90. The minimum Gasteiger partial charge on any atom is -0.296 e. The molecule has 0 fully saturated rings. The molecule has 0 bridgehead atoms. The van der Waals surface area contributed by atoms with Crippen molar-refractivity contribution < 1.29 is 9.18 Å². The first-order valence-corrected chi connectivity index (χ1v) is 10.2. The number of aromatic nitrogens is 3. The topological polar surface area (TPSA) is 59.8 Å². The molecule has 1 N–H and O–H groups in total. The molecule has 2 heterocycles. The summed E-state index contributed by atoms with van der Waals surface area (Å²) >= 11 is 2.83. The number of carbonyl (C=O) groups is 1. The van der Waals surface area contributed by atoms with Gasteiger partial charge in [-0.3, -0.25) is 14.7 Å². The lowest BCUT2D eigenvalue weighted by atomic mass is 10.2. The quantitative estimate of drug-likeness (QED) is 0.497. The second-order valence-electron chi connectivity index (χ2n) is 5.89. The first-order valence-electron chi connectivity index (χ1n) is 8.11. The molecule has 0 spiro atoms. The van der Waals surface area contributed by atoms with E-state index < -0.39 is 0 Å². The number of nitrogens with one attached hydrogen (secondary N) is 1. The third kappa shape index (κ3) is 3.45. The molecule has 0 aliphatic heterocycles. The summed E-state index contributed by atoms with van der Waals surface area (Å²) < 4.78 is 16.0. The molecule has 136 valence electrons. The molecule has 2 aromatic carbocycles. The van der Waals surface area contributed by atoms with Crippen LogP contribution in [0.1, 0.15) is 16.1 Å². The van der Waals surface area contributed by atoms with E-state index in [0.29, 0.717) is 21.7 Å². The number of carbonyl (C=O) groups excluding carboxylic acids is 1. The Kier molecular flexibility index (Phi) is 4.67. The zero-order valence-electron chi connectivity index (χ0n) is 14.6. The average Bonchev–Trinajstić information content (AvgIpc) is 3.25. The average molecular weight is 398 g/mol. The molecule has 0 saturated carbocycles. The number of thiazole rings is 1. The standard InChI is InChI=1S/C19H15FN4OS2/c1-11-3-8-14-16(9-11)27-18(22-14)23-17(25)15-10-21-19(26-2)24(15)13-6-4-12(20)5-7-13/h3-10H,1-2H3,(H,22,23,25). The Hall–Kier alpha value is -2.71. The van der Waals surface area contributed by atoms with Crippen LogP contribution >= 0.6 is 23.1 Å². The number of rotatable bonds is 4. The van der Waals surface area contributed by atoms with E-state index >= 15 is 0 Å². The highest BCUT2D eigenvalue weighted by Crippen LogP contribution is 2.28. The van der Waals surface area contributed by atoms with Crippen molar-refractivity contribution in [2.24, 2.45) is 0 Å². The maximum atomic E-state index is 13.3. The van der Waals surface area contributed by atoms with Gasteiger partial charge in [-0.05, 0) is 55.1 Å². The molecule has 27 heavy (non-hydrogen) atoms. The Labute approximate surface area is 163 Å². The summed E-state index contributed by atoms with van der Waals surface area (Å²) in [6.45, 7) is 2.02. The van der Waals surface area contributed by atoms with Crippen molar-refractivity contribution in [2.75, 3.05) is 11.6 Å². The molecule has 1 amide bonds. The van der Waals surface area contributed by atoms with Crippen LogP contribution < -0.4 is 5.32 Å². The number of amides is 1. The first-order chi connectivity index (χ1) is 13.0. The fourth-order valence-electron chi connectivity index (χ4n) is 2.73. The number of aryl methyl sites for hydroxylation is 1. The largest absolute Gasteiger partial charge is 0.296 e. The second kappa shape index (κ2) is 7.13. The SMILES string of the molecule is CSc1ncc(C(=O)Nc2nc3ccc(C)cc3s2)n1-c1ccc(F)cc1. The van der Waals surface area contributed by atoms with Crippen LogP contribution in [0.5, 0.6) is 0 Å². The number of fused-ring (bicyclic) bond motifs is 1. The summed E-state index contributed by atoms with van der Waals surface area (Å²) in [4.78, 5) is 21.6. The zero-order chi connectivity index (χ0) is 19.0. The van der Waals surface area contributed by atoms with Crippen molar-refractivity contribution >= 4 is 44.4 Å². The van der Waals surface area contributed by atoms with E-state index in [2.05, 4.69) is 15.3 Å². The molecule has 0 saturated heterocycles. The van der Waals surface area contributed by atoms with Gasteiger partial charge in [0.25, 0.3) is 5.91 Å². The Morgan fingerprint density at radius 1 is 1.22 bits per heavy atom. The van der Waals surface area contributed by atoms with Crippen molar-refractivity contribution in [1.29, 1.82) is 0 Å². The number of nitrogens with zero attached hydrogens (tertiary/aromatic N) is 3. The highest BCUT2D eigenvalue weighted by Gasteiger charge is 2.19. The normalized spacial score (nSPS) is 11.1. The monoisotopic (exact) mass is 398 g/mol. The molecule has 8 heteroatoms. The second-order valence-corrected chi connectivity index (χ2v) is 7.69. The molecule has 2 aromatic heterocycles. The molecular weight excluding hydrogens is 383 g/mol. The lowest BCUT2D eigenvalue weighted by molar-refractivity contribution is 0.102. The van der Waals surface area contributed by atoms with Gasteiger partial charge < -0.3 is 0 Å². The summed E-state index contributed by atoms with van der Waals surface area (Å²) in [6.07, 6.45) is 3.39. The van der Waals surface area contributed by atoms with Gasteiger partial charge in [0.2, 0.25) is 0 Å². The predicted molar refractivity (Wildman–Crippen MR) is 108 cm³/mol. The van der Waals surface area contributed by atoms with E-state index in [1.165, 1.54) is 41.4 Å². The van der Waals surface area contributed by atoms with Crippen LogP contribution in [0.25, 0.3) is 15.9 Å². The number of hydrogen-bond acceptors (Lipinski definition) is 5. The highest BCUT2D eigenvalue weighted by atomic mass is 32.2. The first kappa shape index (κ1) is 17.7. The Morgan fingerprint density at radius 3 is 2.74 bits per heavy atom. The molecule has 0 aliphatic rings. The number of imidazole rings is 1. The zero-order valence-corrected chi connectivity index (χ0v) is 16.2. The van der Waals surface area contributed by atoms with Crippen LogP contribution in [-0.4, -0.2) is 26.7 Å². The number of thioether (sulfide) groups is 1. The molecule has 4 aromatic rings. The fourth-order valence-corrected chi connectivity index (χ4v) is 4.23. The summed E-state index contributed by atoms with van der Waals surface area (Å²) in [6, 6.07) is 11.9. The minimum atomic E-state index is -0.333. The molecular formula is C19H15FN4OS2. The van der Waals surface area contributed by atoms with E-state index in [0.717, 1.165) is 15.8 Å². The van der Waals surface area contributed by atoms with Crippen LogP contribution in [0.4, 0.5) is 9.52 Å². The maximum absolute atomic E-state index is 13.3. The molecule has 0 aliphatic carbocycles. The van der Waals surface area contributed by atoms with Gasteiger partial charge in [-0.1, -0.05) is 29.2 Å². The van der Waals surface area contributed by atoms with Crippen molar-refractivity contribution in [1.82, 2.24) is 14.5 Å². The van der Waals surface area contributed by atoms with E-state index in [-0.39, 0.29) is 11.7 Å². The minimum absolute atomic E-state index is 0.317. The number of hydrogen-bond donors (Lipinski definition) is 1. The van der Waals surface area contributed by atoms with E-state index in [1.54, 1.807) is 16.7 Å². The van der Waals surface area contributed by atoms with Crippen molar-refractivity contribution in [3.8, 4) is 5.69 Å². The van der Waals surface area contributed by atoms with Gasteiger partial charge in [0, 0.05) is 5.69 Å². The summed E-state index contributed by atoms with van der Waals surface area (Å²) in [5.74, 6) is -0.650. The van der Waals surface area contributed by atoms with Crippen molar-refractivity contribution in [3.63, 3.8) is 0 Å². The van der Waals surface area contributed by atoms with Crippen LogP contribution in [0.2, 0.25) is 0 Å². The third-order valence-electron chi connectivity index (χ3n) is 3.99. The van der Waals surface area contributed by atoms with Gasteiger partial charge in [0.15, 0.2) is 10.3 Å². The van der Waals surface area contributed by atoms with E-state index in [9.17, 15) is 9.18 Å². The van der Waals surface area contributed by atoms with Gasteiger partial charge in [-0.2, -0.15) is 0 Å². The number of anilines is 1. The van der Waals surface area contributed by atoms with Gasteiger partial charge in [0.1, 0.15) is 11.5 Å². The summed E-state index contributed by atoms with van der Waals surface area (Å²) in [7, 11) is 0. The molecule has 4 rings (SSSR count). The summed E-state index contributed by atoms with van der Waals surface area (Å²) in [5, 5.41) is 4.02. The van der Waals surface area contributed by atoms with Crippen LogP contribution in [0.3, 0.4) is 0 Å². The van der Waals surface area contributed by atoms with Gasteiger partial charge in [-0.25, -0.2) is 14.4 Å². The van der Waals surface area contributed by atoms with Crippen molar-refractivity contribution in [3.05, 3.63) is 65.7 Å². The third-order valence-corrected chi connectivity index (χ3v) is 5.58. The van der Waals surface area contributed by atoms with Crippen molar-refractivity contribution in [2.45, 2.75) is 12.1 Å². The van der Waals surface area contributed by atoms with E-state index in [1.807, 2.05) is 31.4 Å². The Balaban J connectivity index is 1.69.